The summed E-state index contributed by atoms with van der Waals surface area (Å²) in [6.07, 6.45) is 2.62. The molecular weight excluding hydrogens is 284 g/mol. The van der Waals surface area contributed by atoms with Crippen molar-refractivity contribution in [3.05, 3.63) is 12.7 Å². The first kappa shape index (κ1) is 20.1. The van der Waals surface area contributed by atoms with Crippen molar-refractivity contribution in [1.82, 2.24) is 10.6 Å². The third-order valence-corrected chi connectivity index (χ3v) is 3.71. The Morgan fingerprint density at radius 3 is 2.27 bits per heavy atom. The molecule has 2 amide bonds. The summed E-state index contributed by atoms with van der Waals surface area (Å²) in [6, 6.07) is -0.922. The van der Waals surface area contributed by atoms with Gasteiger partial charge in [0.05, 0.1) is 0 Å². The van der Waals surface area contributed by atoms with Gasteiger partial charge in [-0.1, -0.05) is 34.3 Å². The van der Waals surface area contributed by atoms with Crippen LogP contribution in [0.3, 0.4) is 0 Å². The summed E-state index contributed by atoms with van der Waals surface area (Å²) in [5, 5.41) is 14.2. The zero-order valence-electron chi connectivity index (χ0n) is 13.9. The third-order valence-electron chi connectivity index (χ3n) is 3.71. The average Bonchev–Trinajstić information content (AvgIpc) is 2.42. The highest BCUT2D eigenvalue weighted by Gasteiger charge is 2.26. The second-order valence-corrected chi connectivity index (χ2v) is 6.48. The fourth-order valence-electron chi connectivity index (χ4n) is 1.72. The summed E-state index contributed by atoms with van der Waals surface area (Å²) >= 11 is 0. The van der Waals surface area contributed by atoms with Crippen molar-refractivity contribution < 1.29 is 19.5 Å². The number of aliphatic carboxylic acids is 1. The minimum atomic E-state index is -1.07. The molecule has 0 heterocycles. The van der Waals surface area contributed by atoms with E-state index in [9.17, 15) is 14.4 Å². The van der Waals surface area contributed by atoms with Crippen LogP contribution in [0.4, 0.5) is 0 Å². The Bertz CT molecular complexity index is 413. The van der Waals surface area contributed by atoms with Crippen LogP contribution in [-0.4, -0.2) is 35.5 Å². The number of carbonyl (C=O) groups is 3. The molecule has 6 nitrogen and oxygen atoms in total. The van der Waals surface area contributed by atoms with Crippen molar-refractivity contribution in [2.75, 3.05) is 6.54 Å². The van der Waals surface area contributed by atoms with Gasteiger partial charge < -0.3 is 15.7 Å². The lowest BCUT2D eigenvalue weighted by atomic mass is 9.81. The van der Waals surface area contributed by atoms with E-state index < -0.39 is 17.9 Å². The number of rotatable bonds is 9. The van der Waals surface area contributed by atoms with Crippen LogP contribution in [0.15, 0.2) is 12.7 Å². The van der Waals surface area contributed by atoms with Crippen molar-refractivity contribution in [3.63, 3.8) is 0 Å². The lowest BCUT2D eigenvalue weighted by Crippen LogP contribution is -2.40. The molecule has 0 aliphatic carbocycles. The summed E-state index contributed by atoms with van der Waals surface area (Å²) in [4.78, 5) is 34.0. The molecule has 2 atom stereocenters. The molecule has 0 spiro atoms. The van der Waals surface area contributed by atoms with Crippen molar-refractivity contribution in [2.45, 2.75) is 53.0 Å². The molecule has 0 saturated carbocycles. The number of amides is 2. The normalized spacial score (nSPS) is 13.8. The Morgan fingerprint density at radius 1 is 1.23 bits per heavy atom. The van der Waals surface area contributed by atoms with Gasteiger partial charge in [0.25, 0.3) is 0 Å². The second-order valence-electron chi connectivity index (χ2n) is 6.48. The molecule has 0 saturated heterocycles. The zero-order valence-corrected chi connectivity index (χ0v) is 13.9. The number of hydrogen-bond acceptors (Lipinski definition) is 3. The van der Waals surface area contributed by atoms with E-state index in [1.165, 1.54) is 0 Å². The van der Waals surface area contributed by atoms with Gasteiger partial charge in [-0.05, 0) is 30.8 Å². The van der Waals surface area contributed by atoms with Crippen LogP contribution in [0.2, 0.25) is 0 Å². The smallest absolute Gasteiger partial charge is 0.326 e. The van der Waals surface area contributed by atoms with Crippen LogP contribution in [0.1, 0.15) is 47.0 Å². The van der Waals surface area contributed by atoms with E-state index in [4.69, 9.17) is 5.11 Å². The van der Waals surface area contributed by atoms with Gasteiger partial charge in [-0.2, -0.15) is 0 Å². The third kappa shape index (κ3) is 7.81. The predicted octanol–water partition coefficient (Wildman–Crippen LogP) is 1.71. The van der Waals surface area contributed by atoms with E-state index in [1.807, 2.05) is 27.7 Å². The van der Waals surface area contributed by atoms with Crippen molar-refractivity contribution in [2.24, 2.45) is 11.3 Å². The van der Waals surface area contributed by atoms with Crippen LogP contribution < -0.4 is 10.6 Å². The highest BCUT2D eigenvalue weighted by molar-refractivity contribution is 5.90. The Kier molecular flexibility index (Phi) is 8.45. The van der Waals surface area contributed by atoms with E-state index in [-0.39, 0.29) is 17.2 Å². The van der Waals surface area contributed by atoms with Crippen molar-refractivity contribution in [1.29, 1.82) is 0 Å². The van der Waals surface area contributed by atoms with Gasteiger partial charge in [-0.15, -0.1) is 0 Å². The van der Waals surface area contributed by atoms with Gasteiger partial charge in [0, 0.05) is 12.5 Å². The van der Waals surface area contributed by atoms with Crippen LogP contribution in [0.5, 0.6) is 0 Å². The van der Waals surface area contributed by atoms with E-state index in [1.54, 1.807) is 0 Å². The zero-order chi connectivity index (χ0) is 17.3. The van der Waals surface area contributed by atoms with Crippen LogP contribution in [-0.2, 0) is 14.4 Å². The molecule has 0 aliphatic rings. The molecule has 0 radical (unpaired) electrons. The lowest BCUT2D eigenvalue weighted by molar-refractivity contribution is -0.141. The van der Waals surface area contributed by atoms with Gasteiger partial charge in [0.1, 0.15) is 6.04 Å². The minimum absolute atomic E-state index is 0.00208. The SMILES string of the molecule is C=CC(=O)NC(CCCCNC(=O)C(C)C(C)(C)C)C(=O)O. The topological polar surface area (TPSA) is 95.5 Å². The summed E-state index contributed by atoms with van der Waals surface area (Å²) in [5.41, 5.74) is -0.0898. The van der Waals surface area contributed by atoms with E-state index in [0.29, 0.717) is 25.8 Å². The van der Waals surface area contributed by atoms with Crippen molar-refractivity contribution in [3.8, 4) is 0 Å². The number of unbranched alkanes of at least 4 members (excludes halogenated alkanes) is 1. The summed E-state index contributed by atoms with van der Waals surface area (Å²) < 4.78 is 0. The number of hydrogen-bond donors (Lipinski definition) is 3. The molecule has 22 heavy (non-hydrogen) atoms. The maximum Gasteiger partial charge on any atom is 0.326 e. The van der Waals surface area contributed by atoms with Crippen LogP contribution in [0.25, 0.3) is 0 Å². The fourth-order valence-corrected chi connectivity index (χ4v) is 1.72. The Labute approximate surface area is 132 Å². The van der Waals surface area contributed by atoms with Crippen LogP contribution >= 0.6 is 0 Å². The Hall–Kier alpha value is -1.85. The lowest BCUT2D eigenvalue weighted by Gasteiger charge is -2.26. The van der Waals surface area contributed by atoms with Gasteiger partial charge in [0.15, 0.2) is 0 Å². The van der Waals surface area contributed by atoms with Crippen molar-refractivity contribution >= 4 is 17.8 Å². The predicted molar refractivity (Wildman–Crippen MR) is 85.2 cm³/mol. The van der Waals surface area contributed by atoms with E-state index in [0.717, 1.165) is 6.08 Å². The first-order chi connectivity index (χ1) is 10.1. The maximum absolute atomic E-state index is 11.9. The molecule has 2 unspecified atom stereocenters. The Balaban J connectivity index is 4.05. The summed E-state index contributed by atoms with van der Waals surface area (Å²) in [7, 11) is 0. The molecule has 6 heteroatoms. The number of nitrogens with one attached hydrogen (secondary N) is 2. The fraction of sp³-hybridized carbons (Fsp3) is 0.688. The molecule has 0 bridgehead atoms. The standard InChI is InChI=1S/C16H28N2O4/c1-6-13(19)18-12(15(21)22)9-7-8-10-17-14(20)11(2)16(3,4)5/h6,11-12H,1,7-10H2,2-5H3,(H,17,20)(H,18,19)(H,21,22). The number of carbonyl (C=O) groups excluding carboxylic acids is 2. The highest BCUT2D eigenvalue weighted by atomic mass is 16.4. The molecule has 0 rings (SSSR count). The molecule has 3 N–H and O–H groups in total. The monoisotopic (exact) mass is 312 g/mol. The van der Waals surface area contributed by atoms with Crippen LogP contribution in [0, 0.1) is 11.3 Å². The maximum atomic E-state index is 11.9. The molecule has 0 aromatic rings. The molecule has 0 aliphatic heterocycles. The highest BCUT2D eigenvalue weighted by Crippen LogP contribution is 2.25. The van der Waals surface area contributed by atoms with Gasteiger partial charge in [0.2, 0.25) is 11.8 Å². The van der Waals surface area contributed by atoms with E-state index >= 15 is 0 Å². The Morgan fingerprint density at radius 2 is 1.82 bits per heavy atom. The first-order valence-electron chi connectivity index (χ1n) is 7.53. The van der Waals surface area contributed by atoms with Gasteiger partial charge in [-0.25, -0.2) is 4.79 Å². The molecule has 126 valence electrons. The van der Waals surface area contributed by atoms with Gasteiger partial charge >= 0.3 is 5.97 Å². The largest absolute Gasteiger partial charge is 0.480 e. The number of carboxylic acids is 1. The van der Waals surface area contributed by atoms with E-state index in [2.05, 4.69) is 17.2 Å². The summed E-state index contributed by atoms with van der Waals surface area (Å²) in [6.45, 7) is 11.7. The second kappa shape index (κ2) is 9.23. The minimum Gasteiger partial charge on any atom is -0.480 e. The first-order valence-corrected chi connectivity index (χ1v) is 7.53. The number of carboxylic acid groups (broad SMARTS) is 1. The molecular formula is C16H28N2O4. The quantitative estimate of drug-likeness (QED) is 0.446. The summed E-state index contributed by atoms with van der Waals surface area (Å²) in [5.74, 6) is -1.66. The average molecular weight is 312 g/mol. The van der Waals surface area contributed by atoms with Gasteiger partial charge in [-0.3, -0.25) is 9.59 Å². The molecule has 0 aromatic carbocycles. The molecule has 0 fully saturated rings. The molecule has 0 aromatic heterocycles.